The van der Waals surface area contributed by atoms with E-state index in [4.69, 9.17) is 21.7 Å². The van der Waals surface area contributed by atoms with Gasteiger partial charge in [0, 0.05) is 17.7 Å². The standard InChI is InChI=1S/C16H20N2O3S/c1-5-8-18-15(19)12(17-16(18)22)9-11-6-7-13(20-3)10(2)14(11)21-4/h6-7,9H,5,8H2,1-4H3,(H,17,22)/b12-9-. The molecule has 0 spiro atoms. The van der Waals surface area contributed by atoms with E-state index in [0.717, 1.165) is 23.3 Å². The van der Waals surface area contributed by atoms with Crippen molar-refractivity contribution in [2.45, 2.75) is 20.3 Å². The topological polar surface area (TPSA) is 50.8 Å². The van der Waals surface area contributed by atoms with Crippen molar-refractivity contribution in [3.63, 3.8) is 0 Å². The summed E-state index contributed by atoms with van der Waals surface area (Å²) in [5, 5.41) is 3.42. The fraction of sp³-hybridized carbons (Fsp3) is 0.375. The van der Waals surface area contributed by atoms with Crippen molar-refractivity contribution in [3.8, 4) is 11.5 Å². The maximum atomic E-state index is 12.4. The summed E-state index contributed by atoms with van der Waals surface area (Å²) in [6, 6.07) is 3.71. The second-order valence-corrected chi connectivity index (χ2v) is 5.35. The molecule has 0 saturated carbocycles. The summed E-state index contributed by atoms with van der Waals surface area (Å²) in [6.45, 7) is 4.53. The summed E-state index contributed by atoms with van der Waals surface area (Å²) >= 11 is 5.20. The van der Waals surface area contributed by atoms with Crippen LogP contribution in [0.1, 0.15) is 24.5 Å². The summed E-state index contributed by atoms with van der Waals surface area (Å²) in [5.41, 5.74) is 2.15. The van der Waals surface area contributed by atoms with Crippen LogP contribution in [0.5, 0.6) is 11.5 Å². The third-order valence-corrected chi connectivity index (χ3v) is 3.84. The van der Waals surface area contributed by atoms with Crippen LogP contribution in [0.3, 0.4) is 0 Å². The van der Waals surface area contributed by atoms with Crippen LogP contribution in [-0.4, -0.2) is 36.7 Å². The Morgan fingerprint density at radius 2 is 2.05 bits per heavy atom. The maximum absolute atomic E-state index is 12.4. The Kier molecular flexibility index (Phi) is 5.03. The predicted molar refractivity (Wildman–Crippen MR) is 90.0 cm³/mol. The summed E-state index contributed by atoms with van der Waals surface area (Å²) in [7, 11) is 3.21. The fourth-order valence-corrected chi connectivity index (χ4v) is 2.74. The first-order chi connectivity index (χ1) is 10.5. The third kappa shape index (κ3) is 2.92. The fourth-order valence-electron chi connectivity index (χ4n) is 2.45. The molecule has 1 N–H and O–H groups in total. The molecule has 22 heavy (non-hydrogen) atoms. The first kappa shape index (κ1) is 16.3. The molecule has 0 aliphatic carbocycles. The van der Waals surface area contributed by atoms with Crippen LogP contribution in [0.4, 0.5) is 0 Å². The zero-order valence-corrected chi connectivity index (χ0v) is 14.0. The number of hydrogen-bond acceptors (Lipinski definition) is 4. The van der Waals surface area contributed by atoms with Gasteiger partial charge in [-0.1, -0.05) is 6.92 Å². The van der Waals surface area contributed by atoms with Gasteiger partial charge in [0.15, 0.2) is 5.11 Å². The van der Waals surface area contributed by atoms with E-state index in [1.807, 2.05) is 26.0 Å². The van der Waals surface area contributed by atoms with E-state index < -0.39 is 0 Å². The number of benzene rings is 1. The molecule has 1 aromatic rings. The molecule has 1 aliphatic rings. The van der Waals surface area contributed by atoms with E-state index in [1.165, 1.54) is 0 Å². The molecule has 1 aromatic carbocycles. The second kappa shape index (κ2) is 6.79. The molecule has 1 heterocycles. The Morgan fingerprint density at radius 3 is 2.64 bits per heavy atom. The average molecular weight is 320 g/mol. The molecule has 0 aromatic heterocycles. The Hall–Kier alpha value is -2.08. The van der Waals surface area contributed by atoms with Gasteiger partial charge in [-0.15, -0.1) is 0 Å². The summed E-state index contributed by atoms with van der Waals surface area (Å²) in [4.78, 5) is 13.9. The zero-order valence-electron chi connectivity index (χ0n) is 13.2. The van der Waals surface area contributed by atoms with Crippen LogP contribution in [-0.2, 0) is 4.79 Å². The SMILES string of the molecule is CCCN1C(=O)/C(=C/c2ccc(OC)c(C)c2OC)NC1=S. The van der Waals surface area contributed by atoms with Crippen LogP contribution >= 0.6 is 12.2 Å². The largest absolute Gasteiger partial charge is 0.496 e. The molecular weight excluding hydrogens is 300 g/mol. The smallest absolute Gasteiger partial charge is 0.276 e. The second-order valence-electron chi connectivity index (χ2n) is 4.96. The lowest BCUT2D eigenvalue weighted by molar-refractivity contribution is -0.122. The Labute approximate surface area is 135 Å². The monoisotopic (exact) mass is 320 g/mol. The minimum Gasteiger partial charge on any atom is -0.496 e. The van der Waals surface area contributed by atoms with Gasteiger partial charge in [-0.3, -0.25) is 9.69 Å². The number of nitrogens with zero attached hydrogens (tertiary/aromatic N) is 1. The molecule has 0 unspecified atom stereocenters. The van der Waals surface area contributed by atoms with E-state index in [-0.39, 0.29) is 5.91 Å². The van der Waals surface area contributed by atoms with Gasteiger partial charge in [0.05, 0.1) is 14.2 Å². The zero-order chi connectivity index (χ0) is 16.3. The van der Waals surface area contributed by atoms with Gasteiger partial charge in [0.25, 0.3) is 5.91 Å². The van der Waals surface area contributed by atoms with Crippen molar-refractivity contribution in [3.05, 3.63) is 29.0 Å². The third-order valence-electron chi connectivity index (χ3n) is 3.52. The van der Waals surface area contributed by atoms with Crippen molar-refractivity contribution in [2.24, 2.45) is 0 Å². The normalized spacial score (nSPS) is 16.2. The quantitative estimate of drug-likeness (QED) is 0.667. The van der Waals surface area contributed by atoms with Crippen LogP contribution in [0.15, 0.2) is 17.8 Å². The van der Waals surface area contributed by atoms with Crippen LogP contribution in [0.25, 0.3) is 6.08 Å². The molecule has 0 bridgehead atoms. The van der Waals surface area contributed by atoms with Gasteiger partial charge in [-0.05, 0) is 43.8 Å². The highest BCUT2D eigenvalue weighted by Crippen LogP contribution is 2.32. The molecular formula is C16H20N2O3S. The molecule has 1 aliphatic heterocycles. The van der Waals surface area contributed by atoms with Gasteiger partial charge in [0.2, 0.25) is 0 Å². The maximum Gasteiger partial charge on any atom is 0.276 e. The number of carbonyl (C=O) groups excluding carboxylic acids is 1. The highest BCUT2D eigenvalue weighted by atomic mass is 32.1. The van der Waals surface area contributed by atoms with Crippen LogP contribution < -0.4 is 14.8 Å². The van der Waals surface area contributed by atoms with Gasteiger partial charge < -0.3 is 14.8 Å². The highest BCUT2D eigenvalue weighted by molar-refractivity contribution is 7.80. The van der Waals surface area contributed by atoms with E-state index in [2.05, 4.69) is 5.32 Å². The molecule has 0 atom stereocenters. The van der Waals surface area contributed by atoms with E-state index >= 15 is 0 Å². The number of amides is 1. The number of ether oxygens (including phenoxy) is 2. The van der Waals surface area contributed by atoms with Gasteiger partial charge >= 0.3 is 0 Å². The number of hydrogen-bond donors (Lipinski definition) is 1. The highest BCUT2D eigenvalue weighted by Gasteiger charge is 2.30. The minimum absolute atomic E-state index is 0.109. The van der Waals surface area contributed by atoms with E-state index in [0.29, 0.717) is 23.1 Å². The molecule has 6 heteroatoms. The molecule has 1 saturated heterocycles. The van der Waals surface area contributed by atoms with Gasteiger partial charge in [-0.2, -0.15) is 0 Å². The first-order valence-corrected chi connectivity index (χ1v) is 7.50. The number of nitrogens with one attached hydrogen (secondary N) is 1. The van der Waals surface area contributed by atoms with Crippen molar-refractivity contribution in [1.29, 1.82) is 0 Å². The molecule has 1 fully saturated rings. The lowest BCUT2D eigenvalue weighted by atomic mass is 10.1. The molecule has 1 amide bonds. The Morgan fingerprint density at radius 1 is 1.32 bits per heavy atom. The molecule has 5 nitrogen and oxygen atoms in total. The number of carbonyl (C=O) groups is 1. The van der Waals surface area contributed by atoms with E-state index in [9.17, 15) is 4.79 Å². The van der Waals surface area contributed by atoms with Gasteiger partial charge in [-0.25, -0.2) is 0 Å². The minimum atomic E-state index is -0.109. The van der Waals surface area contributed by atoms with E-state index in [1.54, 1.807) is 25.2 Å². The first-order valence-electron chi connectivity index (χ1n) is 7.09. The van der Waals surface area contributed by atoms with Crippen molar-refractivity contribution in [1.82, 2.24) is 10.2 Å². The predicted octanol–water partition coefficient (Wildman–Crippen LogP) is 2.48. The lowest BCUT2D eigenvalue weighted by Gasteiger charge is -2.13. The summed E-state index contributed by atoms with van der Waals surface area (Å²) in [5.74, 6) is 1.32. The van der Waals surface area contributed by atoms with Crippen LogP contribution in [0.2, 0.25) is 0 Å². The van der Waals surface area contributed by atoms with Gasteiger partial charge in [0.1, 0.15) is 17.2 Å². The number of thiocarbonyl (C=S) groups is 1. The number of rotatable bonds is 5. The lowest BCUT2D eigenvalue weighted by Crippen LogP contribution is -2.31. The van der Waals surface area contributed by atoms with Crippen LogP contribution in [0, 0.1) is 6.92 Å². The Bertz CT molecular complexity index is 641. The molecule has 118 valence electrons. The number of methoxy groups -OCH3 is 2. The van der Waals surface area contributed by atoms with Crippen molar-refractivity contribution >= 4 is 29.3 Å². The molecule has 2 rings (SSSR count). The summed E-state index contributed by atoms with van der Waals surface area (Å²) < 4.78 is 10.7. The van der Waals surface area contributed by atoms with Crippen molar-refractivity contribution in [2.75, 3.05) is 20.8 Å². The summed E-state index contributed by atoms with van der Waals surface area (Å²) in [6.07, 6.45) is 2.61. The molecule has 0 radical (unpaired) electrons. The van der Waals surface area contributed by atoms with Crippen molar-refractivity contribution < 1.29 is 14.3 Å². The Balaban J connectivity index is 2.40. The average Bonchev–Trinajstić information content (AvgIpc) is 2.76.